The summed E-state index contributed by atoms with van der Waals surface area (Å²) in [5.41, 5.74) is -0.122. The van der Waals surface area contributed by atoms with Crippen LogP contribution in [0.2, 0.25) is 0 Å². The Kier molecular flexibility index (Phi) is 3.68. The number of piperidine rings is 1. The van der Waals surface area contributed by atoms with E-state index in [9.17, 15) is 9.59 Å². The number of hydrogen-bond acceptors (Lipinski definition) is 2. The first-order valence-electron chi connectivity index (χ1n) is 9.99. The number of rotatable bonds is 2. The molecule has 4 bridgehead atoms. The predicted molar refractivity (Wildman–Crippen MR) is 98.5 cm³/mol. The fourth-order valence-corrected chi connectivity index (χ4v) is 8.42. The summed E-state index contributed by atoms with van der Waals surface area (Å²) in [5, 5.41) is 2.90. The molecule has 0 radical (unpaired) electrons. The molecule has 4 aliphatic carbocycles. The Balaban J connectivity index is 1.34. The van der Waals surface area contributed by atoms with Gasteiger partial charge >= 0.3 is 6.03 Å². The number of nitrogens with zero attached hydrogens (tertiary/aromatic N) is 2. The van der Waals surface area contributed by atoms with Crippen molar-refractivity contribution in [3.05, 3.63) is 0 Å². The van der Waals surface area contributed by atoms with E-state index in [1.807, 2.05) is 4.90 Å². The average Bonchev–Trinajstić information content (AvgIpc) is 2.98. The van der Waals surface area contributed by atoms with E-state index in [0.29, 0.717) is 5.91 Å². The number of hydrogen-bond donors (Lipinski definition) is 1. The Morgan fingerprint density at radius 2 is 1.92 bits per heavy atom. The Hall–Kier alpha value is -0.780. The van der Waals surface area contributed by atoms with E-state index < -0.39 is 0 Å². The molecule has 6 heteroatoms. The normalized spacial score (nSPS) is 45.8. The highest BCUT2D eigenvalue weighted by Crippen LogP contribution is 2.64. The van der Waals surface area contributed by atoms with Gasteiger partial charge in [-0.3, -0.25) is 4.79 Å². The Bertz CT molecular complexity index is 595. The van der Waals surface area contributed by atoms with E-state index in [1.54, 1.807) is 0 Å². The Labute approximate surface area is 158 Å². The zero-order valence-corrected chi connectivity index (χ0v) is 16.4. The number of carbonyl (C=O) groups excluding carboxylic acids is 2. The van der Waals surface area contributed by atoms with Crippen molar-refractivity contribution < 1.29 is 9.59 Å². The van der Waals surface area contributed by atoms with Gasteiger partial charge in [-0.2, -0.15) is 0 Å². The summed E-state index contributed by atoms with van der Waals surface area (Å²) in [6.45, 7) is 3.13. The van der Waals surface area contributed by atoms with Crippen molar-refractivity contribution in [2.75, 3.05) is 26.2 Å². The lowest BCUT2D eigenvalue weighted by molar-refractivity contribution is -0.157. The molecule has 6 aliphatic rings. The molecule has 0 aromatic carbocycles. The van der Waals surface area contributed by atoms with Gasteiger partial charge < -0.3 is 15.1 Å². The first kappa shape index (κ1) is 16.4. The van der Waals surface area contributed by atoms with Gasteiger partial charge in [-0.15, -0.1) is 0 Å². The van der Waals surface area contributed by atoms with E-state index in [2.05, 4.69) is 26.1 Å². The van der Waals surface area contributed by atoms with Gasteiger partial charge in [-0.05, 0) is 63.2 Å². The summed E-state index contributed by atoms with van der Waals surface area (Å²) in [4.78, 5) is 29.7. The maximum absolute atomic E-state index is 13.6. The lowest BCUT2D eigenvalue weighted by atomic mass is 9.49. The third-order valence-corrected chi connectivity index (χ3v) is 8.39. The number of nitrogens with one attached hydrogen (secondary N) is 1. The van der Waals surface area contributed by atoms with Crippen LogP contribution in [0.25, 0.3) is 0 Å². The zero-order chi connectivity index (χ0) is 17.2. The molecule has 2 aliphatic heterocycles. The average molecular weight is 410 g/mol. The summed E-state index contributed by atoms with van der Waals surface area (Å²) < 4.78 is 0.219. The minimum atomic E-state index is -0.122. The van der Waals surface area contributed by atoms with Gasteiger partial charge in [0.2, 0.25) is 5.91 Å². The molecule has 0 unspecified atom stereocenters. The van der Waals surface area contributed by atoms with E-state index in [0.717, 1.165) is 70.1 Å². The van der Waals surface area contributed by atoms with Crippen molar-refractivity contribution in [1.82, 2.24) is 15.1 Å². The lowest BCUT2D eigenvalue weighted by Crippen LogP contribution is -2.61. The van der Waals surface area contributed by atoms with Crippen molar-refractivity contribution in [3.8, 4) is 0 Å². The van der Waals surface area contributed by atoms with Crippen LogP contribution in [-0.2, 0) is 4.79 Å². The van der Waals surface area contributed by atoms with Crippen LogP contribution in [0.5, 0.6) is 0 Å². The summed E-state index contributed by atoms with van der Waals surface area (Å²) in [7, 11) is 0. The van der Waals surface area contributed by atoms with E-state index in [4.69, 9.17) is 0 Å². The monoisotopic (exact) mass is 409 g/mol. The van der Waals surface area contributed by atoms with Crippen molar-refractivity contribution in [2.45, 2.75) is 61.7 Å². The molecule has 25 heavy (non-hydrogen) atoms. The van der Waals surface area contributed by atoms with Crippen molar-refractivity contribution in [1.29, 1.82) is 0 Å². The number of alkyl halides is 1. The Morgan fingerprint density at radius 1 is 1.16 bits per heavy atom. The highest BCUT2D eigenvalue weighted by atomic mass is 79.9. The number of halogens is 1. The molecule has 0 aromatic rings. The maximum atomic E-state index is 13.6. The fraction of sp³-hybridized carbons (Fsp3) is 0.895. The largest absolute Gasteiger partial charge is 0.340 e. The van der Waals surface area contributed by atoms with Crippen LogP contribution < -0.4 is 5.32 Å². The molecule has 6 rings (SSSR count). The highest BCUT2D eigenvalue weighted by molar-refractivity contribution is 9.10. The SMILES string of the molecule is O=C1NCCN1[C@H]1CCCN(C(=O)C23C[C@H]4C[C@@H](CC(Br)(C4)C2)C3)C1. The molecular formula is C19H28BrN3O2. The van der Waals surface area contributed by atoms with Crippen LogP contribution in [-0.4, -0.2) is 58.3 Å². The van der Waals surface area contributed by atoms with E-state index >= 15 is 0 Å². The first-order valence-corrected chi connectivity index (χ1v) is 10.8. The number of carbonyl (C=O) groups is 2. The molecule has 6 fully saturated rings. The molecule has 1 N–H and O–H groups in total. The number of urea groups is 1. The van der Waals surface area contributed by atoms with Gasteiger partial charge in [0, 0.05) is 30.5 Å². The van der Waals surface area contributed by atoms with Crippen molar-refractivity contribution in [2.24, 2.45) is 17.3 Å². The molecule has 5 nitrogen and oxygen atoms in total. The van der Waals surface area contributed by atoms with Crippen LogP contribution in [0, 0.1) is 17.3 Å². The summed E-state index contributed by atoms with van der Waals surface area (Å²) in [6, 6.07) is 0.251. The third kappa shape index (κ3) is 2.62. The molecule has 3 amide bonds. The van der Waals surface area contributed by atoms with Crippen LogP contribution in [0.4, 0.5) is 4.79 Å². The van der Waals surface area contributed by atoms with Crippen molar-refractivity contribution in [3.63, 3.8) is 0 Å². The van der Waals surface area contributed by atoms with Gasteiger partial charge in [0.15, 0.2) is 0 Å². The summed E-state index contributed by atoms with van der Waals surface area (Å²) >= 11 is 4.03. The molecule has 138 valence electrons. The van der Waals surface area contributed by atoms with E-state index in [1.165, 1.54) is 19.3 Å². The second-order valence-corrected chi connectivity index (χ2v) is 11.0. The standard InChI is InChI=1S/C19H28BrN3O2/c20-19-9-13-6-14(10-19)8-18(7-13,12-19)16(24)22-4-1-2-15(11-22)23-5-3-21-17(23)25/h13-15H,1-12H2,(H,21,25)/t13-,14-,15+,18?,19?/m1/s1. The minimum absolute atomic E-state index is 0.0496. The first-order chi connectivity index (χ1) is 12.0. The van der Waals surface area contributed by atoms with Gasteiger partial charge in [-0.25, -0.2) is 4.79 Å². The molecule has 4 saturated carbocycles. The van der Waals surface area contributed by atoms with Crippen LogP contribution >= 0.6 is 15.9 Å². The molecule has 3 atom stereocenters. The Morgan fingerprint density at radius 3 is 2.56 bits per heavy atom. The summed E-state index contributed by atoms with van der Waals surface area (Å²) in [5.74, 6) is 1.86. The quantitative estimate of drug-likeness (QED) is 0.712. The van der Waals surface area contributed by atoms with Gasteiger partial charge in [0.05, 0.1) is 11.5 Å². The molecular weight excluding hydrogens is 382 g/mol. The van der Waals surface area contributed by atoms with Crippen molar-refractivity contribution >= 4 is 27.9 Å². The second-order valence-electron chi connectivity index (χ2n) is 9.36. The molecule has 0 aromatic heterocycles. The topological polar surface area (TPSA) is 52.7 Å². The number of likely N-dealkylation sites (tertiary alicyclic amines) is 1. The maximum Gasteiger partial charge on any atom is 0.317 e. The second kappa shape index (κ2) is 5.61. The van der Waals surface area contributed by atoms with E-state index in [-0.39, 0.29) is 21.8 Å². The fourth-order valence-electron chi connectivity index (χ4n) is 6.96. The third-order valence-electron chi connectivity index (χ3n) is 7.46. The van der Waals surface area contributed by atoms with Crippen LogP contribution in [0.3, 0.4) is 0 Å². The number of amides is 3. The zero-order valence-electron chi connectivity index (χ0n) is 14.8. The van der Waals surface area contributed by atoms with Crippen LogP contribution in [0.1, 0.15) is 51.4 Å². The highest BCUT2D eigenvalue weighted by Gasteiger charge is 2.60. The lowest BCUT2D eigenvalue weighted by Gasteiger charge is -2.60. The molecule has 2 heterocycles. The van der Waals surface area contributed by atoms with Gasteiger partial charge in [-0.1, -0.05) is 15.9 Å². The van der Waals surface area contributed by atoms with Gasteiger partial charge in [0.25, 0.3) is 0 Å². The minimum Gasteiger partial charge on any atom is -0.340 e. The summed E-state index contributed by atoms with van der Waals surface area (Å²) in [6.07, 6.45) is 9.11. The molecule has 0 spiro atoms. The van der Waals surface area contributed by atoms with Crippen LogP contribution in [0.15, 0.2) is 0 Å². The smallest absolute Gasteiger partial charge is 0.317 e. The predicted octanol–water partition coefficient (Wildman–Crippen LogP) is 2.74. The van der Waals surface area contributed by atoms with Gasteiger partial charge in [0.1, 0.15) is 0 Å². The molecule has 2 saturated heterocycles.